The third-order valence-electron chi connectivity index (χ3n) is 1.65. The number of rotatable bonds is 7. The van der Waals surface area contributed by atoms with E-state index in [1.807, 2.05) is 0 Å². The van der Waals surface area contributed by atoms with Crippen molar-refractivity contribution in [2.75, 3.05) is 26.8 Å². The van der Waals surface area contributed by atoms with E-state index in [0.29, 0.717) is 0 Å². The van der Waals surface area contributed by atoms with Crippen molar-refractivity contribution in [1.82, 2.24) is 4.90 Å². The first kappa shape index (κ1) is 13.6. The van der Waals surface area contributed by atoms with Gasteiger partial charge in [-0.1, -0.05) is 6.08 Å². The fraction of sp³-hybridized carbons (Fsp3) is 0.556. The van der Waals surface area contributed by atoms with Gasteiger partial charge in [-0.25, -0.2) is 0 Å². The van der Waals surface area contributed by atoms with Gasteiger partial charge < -0.3 is 20.5 Å². The Balaban J connectivity index is 4.39. The minimum atomic E-state index is -1.09. The van der Waals surface area contributed by atoms with E-state index >= 15 is 0 Å². The molecule has 1 atom stereocenters. The number of methoxy groups -OCH3 is 1. The van der Waals surface area contributed by atoms with Crippen molar-refractivity contribution in [3.63, 3.8) is 0 Å². The molecule has 15 heavy (non-hydrogen) atoms. The molecule has 0 radical (unpaired) electrons. The molecule has 0 aromatic carbocycles. The third-order valence-corrected chi connectivity index (χ3v) is 1.65. The number of ether oxygens (including phenoxy) is 1. The summed E-state index contributed by atoms with van der Waals surface area (Å²) in [5.41, 5.74) is 5.49. The predicted octanol–water partition coefficient (Wildman–Crippen LogP) is -0.941. The number of nitrogens with zero attached hydrogens (tertiary/aromatic N) is 1. The average molecular weight is 216 g/mol. The maximum atomic E-state index is 11.6. The Labute approximate surface area is 88.3 Å². The second kappa shape index (κ2) is 6.97. The van der Waals surface area contributed by atoms with E-state index in [1.165, 1.54) is 13.2 Å². The highest BCUT2D eigenvalue weighted by Crippen LogP contribution is 1.95. The molecule has 0 aromatic rings. The molecular formula is C9H16N2O4. The first-order valence-electron chi connectivity index (χ1n) is 4.39. The summed E-state index contributed by atoms with van der Waals surface area (Å²) >= 11 is 0. The van der Waals surface area contributed by atoms with Crippen molar-refractivity contribution >= 4 is 11.9 Å². The number of nitrogens with two attached hydrogens (primary N) is 1. The van der Waals surface area contributed by atoms with Crippen LogP contribution in [0.25, 0.3) is 0 Å². The highest BCUT2D eigenvalue weighted by atomic mass is 16.5. The van der Waals surface area contributed by atoms with Crippen LogP contribution in [0.5, 0.6) is 0 Å². The first-order valence-corrected chi connectivity index (χ1v) is 4.39. The predicted molar refractivity (Wildman–Crippen MR) is 54.3 cm³/mol. The maximum Gasteiger partial charge on any atom is 0.323 e. The van der Waals surface area contributed by atoms with Crippen LogP contribution in [0.15, 0.2) is 12.7 Å². The van der Waals surface area contributed by atoms with E-state index < -0.39 is 17.9 Å². The Bertz CT molecular complexity index is 242. The van der Waals surface area contributed by atoms with Gasteiger partial charge in [0, 0.05) is 13.7 Å². The normalized spacial score (nSPS) is 11.9. The quantitative estimate of drug-likeness (QED) is 0.536. The van der Waals surface area contributed by atoms with Crippen molar-refractivity contribution in [1.29, 1.82) is 0 Å². The summed E-state index contributed by atoms with van der Waals surface area (Å²) in [5, 5.41) is 8.57. The van der Waals surface area contributed by atoms with E-state index in [-0.39, 0.29) is 19.7 Å². The van der Waals surface area contributed by atoms with Crippen LogP contribution < -0.4 is 5.73 Å². The summed E-state index contributed by atoms with van der Waals surface area (Å²) < 4.78 is 4.71. The van der Waals surface area contributed by atoms with Gasteiger partial charge in [0.05, 0.1) is 6.61 Å². The molecule has 6 heteroatoms. The van der Waals surface area contributed by atoms with Gasteiger partial charge in [0.15, 0.2) is 0 Å². The van der Waals surface area contributed by atoms with E-state index in [4.69, 9.17) is 15.6 Å². The molecule has 0 heterocycles. The van der Waals surface area contributed by atoms with Gasteiger partial charge in [0.25, 0.3) is 0 Å². The number of carbonyl (C=O) groups excluding carboxylic acids is 1. The zero-order valence-electron chi connectivity index (χ0n) is 8.68. The molecule has 86 valence electrons. The lowest BCUT2D eigenvalue weighted by Crippen LogP contribution is -2.47. The van der Waals surface area contributed by atoms with Crippen molar-refractivity contribution in [3.8, 4) is 0 Å². The molecule has 0 aliphatic carbocycles. The molecule has 0 aromatic heterocycles. The van der Waals surface area contributed by atoms with E-state index in [0.717, 1.165) is 4.90 Å². The van der Waals surface area contributed by atoms with Gasteiger partial charge in [-0.2, -0.15) is 0 Å². The molecule has 0 aliphatic heterocycles. The van der Waals surface area contributed by atoms with Gasteiger partial charge in [-0.3, -0.25) is 9.59 Å². The topological polar surface area (TPSA) is 92.9 Å². The Morgan fingerprint density at radius 1 is 1.67 bits per heavy atom. The monoisotopic (exact) mass is 216 g/mol. The highest BCUT2D eigenvalue weighted by molar-refractivity contribution is 5.85. The van der Waals surface area contributed by atoms with Crippen LogP contribution in [0.2, 0.25) is 0 Å². The summed E-state index contributed by atoms with van der Waals surface area (Å²) in [6, 6.07) is -0.839. The molecular weight excluding hydrogens is 200 g/mol. The summed E-state index contributed by atoms with van der Waals surface area (Å²) in [4.78, 5) is 23.1. The molecule has 6 nitrogen and oxygen atoms in total. The third kappa shape index (κ3) is 5.14. The average Bonchev–Trinajstić information content (AvgIpc) is 2.16. The van der Waals surface area contributed by atoms with E-state index in [9.17, 15) is 9.59 Å². The first-order chi connectivity index (χ1) is 7.02. The largest absolute Gasteiger partial charge is 0.480 e. The Morgan fingerprint density at radius 3 is 2.67 bits per heavy atom. The van der Waals surface area contributed by atoms with Gasteiger partial charge >= 0.3 is 5.97 Å². The standard InChI is InChI=1S/C9H16N2O4/c1-3-4-11(5-8(12)13)9(14)7(10)6-15-2/h3,7H,1,4-6,10H2,2H3,(H,12,13). The van der Waals surface area contributed by atoms with Gasteiger partial charge in [-0.05, 0) is 0 Å². The summed E-state index contributed by atoms with van der Waals surface area (Å²) in [6.07, 6.45) is 1.44. The number of carboxylic acid groups (broad SMARTS) is 1. The molecule has 0 spiro atoms. The molecule has 0 fully saturated rings. The lowest BCUT2D eigenvalue weighted by molar-refractivity contribution is -0.145. The smallest absolute Gasteiger partial charge is 0.323 e. The minimum Gasteiger partial charge on any atom is -0.480 e. The number of hydrogen-bond donors (Lipinski definition) is 2. The van der Waals surface area contributed by atoms with Crippen molar-refractivity contribution in [3.05, 3.63) is 12.7 Å². The second-order valence-electron chi connectivity index (χ2n) is 2.96. The molecule has 0 saturated heterocycles. The summed E-state index contributed by atoms with van der Waals surface area (Å²) in [7, 11) is 1.42. The molecule has 3 N–H and O–H groups in total. The number of carbonyl (C=O) groups is 2. The SMILES string of the molecule is C=CCN(CC(=O)O)C(=O)C(N)COC. The number of carboxylic acids is 1. The van der Waals surface area contributed by atoms with Crippen LogP contribution in [0, 0.1) is 0 Å². The zero-order valence-corrected chi connectivity index (χ0v) is 8.68. The van der Waals surface area contributed by atoms with Gasteiger partial charge in [0.1, 0.15) is 12.6 Å². The van der Waals surface area contributed by atoms with Crippen LogP contribution in [-0.4, -0.2) is 54.7 Å². The van der Waals surface area contributed by atoms with Crippen LogP contribution in [0.3, 0.4) is 0 Å². The highest BCUT2D eigenvalue weighted by Gasteiger charge is 2.21. The minimum absolute atomic E-state index is 0.0616. The zero-order chi connectivity index (χ0) is 11.8. The Hall–Kier alpha value is -1.40. The van der Waals surface area contributed by atoms with Crippen molar-refractivity contribution < 1.29 is 19.4 Å². The Morgan fingerprint density at radius 2 is 2.27 bits per heavy atom. The molecule has 0 bridgehead atoms. The molecule has 0 rings (SSSR count). The fourth-order valence-electron chi connectivity index (χ4n) is 1.04. The van der Waals surface area contributed by atoms with Crippen LogP contribution >= 0.6 is 0 Å². The molecule has 1 amide bonds. The second-order valence-corrected chi connectivity index (χ2v) is 2.96. The summed E-state index contributed by atoms with van der Waals surface area (Å²) in [6.45, 7) is 3.27. The maximum absolute atomic E-state index is 11.6. The number of hydrogen-bond acceptors (Lipinski definition) is 4. The van der Waals surface area contributed by atoms with Gasteiger partial charge in [0.2, 0.25) is 5.91 Å². The van der Waals surface area contributed by atoms with Crippen molar-refractivity contribution in [2.45, 2.75) is 6.04 Å². The van der Waals surface area contributed by atoms with E-state index in [1.54, 1.807) is 0 Å². The van der Waals surface area contributed by atoms with Gasteiger partial charge in [-0.15, -0.1) is 6.58 Å². The van der Waals surface area contributed by atoms with Crippen molar-refractivity contribution in [2.24, 2.45) is 5.73 Å². The number of amides is 1. The molecule has 0 saturated carbocycles. The fourth-order valence-corrected chi connectivity index (χ4v) is 1.04. The lowest BCUT2D eigenvalue weighted by atomic mass is 10.2. The molecule has 1 unspecified atom stereocenters. The van der Waals surface area contributed by atoms with Crippen LogP contribution in [-0.2, 0) is 14.3 Å². The Kier molecular flexibility index (Phi) is 6.32. The molecule has 0 aliphatic rings. The van der Waals surface area contributed by atoms with E-state index in [2.05, 4.69) is 6.58 Å². The lowest BCUT2D eigenvalue weighted by Gasteiger charge is -2.22. The van der Waals surface area contributed by atoms with Crippen LogP contribution in [0.4, 0.5) is 0 Å². The number of aliphatic carboxylic acids is 1. The van der Waals surface area contributed by atoms with Crippen LogP contribution in [0.1, 0.15) is 0 Å². The summed E-state index contributed by atoms with van der Waals surface area (Å²) in [5.74, 6) is -1.55.